The van der Waals surface area contributed by atoms with E-state index in [-0.39, 0.29) is 18.6 Å². The van der Waals surface area contributed by atoms with Gasteiger partial charge in [0.25, 0.3) is 0 Å². The second kappa shape index (κ2) is 6.20. The molecule has 1 atom stereocenters. The summed E-state index contributed by atoms with van der Waals surface area (Å²) in [6.45, 7) is 2.14. The molecule has 2 rings (SSSR count). The Balaban J connectivity index is 2.09. The normalized spacial score (nSPS) is 19.8. The predicted octanol–water partition coefficient (Wildman–Crippen LogP) is 2.80. The SMILES string of the molecule is CCCCOC(=O)NC1Cc2ccccc2C(F)(F)C1=O. The minimum Gasteiger partial charge on any atom is -0.450 e. The number of hydrogen-bond donors (Lipinski definition) is 1. The molecule has 1 unspecified atom stereocenters. The molecule has 1 aliphatic carbocycles. The zero-order valence-electron chi connectivity index (χ0n) is 11.7. The van der Waals surface area contributed by atoms with Gasteiger partial charge in [0.05, 0.1) is 6.61 Å². The average molecular weight is 297 g/mol. The van der Waals surface area contributed by atoms with Crippen LogP contribution in [0.5, 0.6) is 0 Å². The third kappa shape index (κ3) is 3.20. The summed E-state index contributed by atoms with van der Waals surface area (Å²) in [5.41, 5.74) is 0.0772. The number of fused-ring (bicyclic) bond motifs is 1. The largest absolute Gasteiger partial charge is 0.450 e. The van der Waals surface area contributed by atoms with Crippen molar-refractivity contribution in [2.45, 2.75) is 38.2 Å². The third-order valence-corrected chi connectivity index (χ3v) is 3.43. The van der Waals surface area contributed by atoms with Crippen LogP contribution in [0.1, 0.15) is 30.9 Å². The monoisotopic (exact) mass is 297 g/mol. The van der Waals surface area contributed by atoms with Crippen molar-refractivity contribution in [3.8, 4) is 0 Å². The molecule has 0 bridgehead atoms. The first kappa shape index (κ1) is 15.4. The van der Waals surface area contributed by atoms with Gasteiger partial charge in [0.1, 0.15) is 6.04 Å². The van der Waals surface area contributed by atoms with Crippen molar-refractivity contribution in [3.63, 3.8) is 0 Å². The number of carbonyl (C=O) groups excluding carboxylic acids is 2. The molecule has 21 heavy (non-hydrogen) atoms. The number of nitrogens with one attached hydrogen (secondary N) is 1. The molecule has 0 spiro atoms. The van der Waals surface area contributed by atoms with Crippen molar-refractivity contribution in [1.82, 2.24) is 5.32 Å². The molecular formula is C15H17F2NO3. The maximum Gasteiger partial charge on any atom is 0.407 e. The molecule has 1 N–H and O–H groups in total. The first-order valence-electron chi connectivity index (χ1n) is 6.90. The van der Waals surface area contributed by atoms with E-state index in [0.717, 1.165) is 6.42 Å². The van der Waals surface area contributed by atoms with Gasteiger partial charge in [0, 0.05) is 12.0 Å². The van der Waals surface area contributed by atoms with Crippen LogP contribution >= 0.6 is 0 Å². The lowest BCUT2D eigenvalue weighted by Crippen LogP contribution is -2.51. The molecule has 114 valence electrons. The van der Waals surface area contributed by atoms with Crippen molar-refractivity contribution in [2.75, 3.05) is 6.61 Å². The second-order valence-corrected chi connectivity index (χ2v) is 4.99. The van der Waals surface area contributed by atoms with Crippen LogP contribution in [-0.4, -0.2) is 24.5 Å². The lowest BCUT2D eigenvalue weighted by atomic mass is 9.84. The molecule has 1 aromatic rings. The molecule has 1 aromatic carbocycles. The number of hydrogen-bond acceptors (Lipinski definition) is 3. The van der Waals surface area contributed by atoms with Crippen LogP contribution < -0.4 is 5.32 Å². The molecule has 0 aromatic heterocycles. The van der Waals surface area contributed by atoms with Crippen LogP contribution in [0.4, 0.5) is 13.6 Å². The number of halogens is 2. The lowest BCUT2D eigenvalue weighted by Gasteiger charge is -2.30. The van der Waals surface area contributed by atoms with Gasteiger partial charge in [-0.1, -0.05) is 37.6 Å². The van der Waals surface area contributed by atoms with E-state index >= 15 is 0 Å². The standard InChI is InChI=1S/C15H17F2NO3/c1-2-3-8-21-14(20)18-12-9-10-6-4-5-7-11(10)15(16,17)13(12)19/h4-7,12H,2-3,8-9H2,1H3,(H,18,20). The Kier molecular flexibility index (Phi) is 4.55. The molecule has 1 aliphatic rings. The quantitative estimate of drug-likeness (QED) is 0.869. The Bertz CT molecular complexity index is 545. The topological polar surface area (TPSA) is 55.4 Å². The van der Waals surface area contributed by atoms with E-state index in [1.807, 2.05) is 6.92 Å². The van der Waals surface area contributed by atoms with Crippen molar-refractivity contribution < 1.29 is 23.1 Å². The van der Waals surface area contributed by atoms with Crippen LogP contribution in [-0.2, 0) is 21.9 Å². The molecule has 0 aliphatic heterocycles. The number of unbranched alkanes of at least 4 members (excludes halogenated alkanes) is 1. The highest BCUT2D eigenvalue weighted by molar-refractivity contribution is 5.95. The van der Waals surface area contributed by atoms with Crippen LogP contribution in [0.25, 0.3) is 0 Å². The van der Waals surface area contributed by atoms with Gasteiger partial charge in [0.2, 0.25) is 5.78 Å². The van der Waals surface area contributed by atoms with E-state index in [1.54, 1.807) is 6.07 Å². The van der Waals surface area contributed by atoms with E-state index < -0.39 is 23.8 Å². The molecule has 0 heterocycles. The first-order valence-corrected chi connectivity index (χ1v) is 6.90. The van der Waals surface area contributed by atoms with Gasteiger partial charge in [-0.3, -0.25) is 4.79 Å². The molecule has 0 saturated heterocycles. The summed E-state index contributed by atoms with van der Waals surface area (Å²) in [7, 11) is 0. The Morgan fingerprint density at radius 1 is 1.43 bits per heavy atom. The minimum atomic E-state index is -3.59. The number of ether oxygens (including phenoxy) is 1. The van der Waals surface area contributed by atoms with Crippen molar-refractivity contribution in [2.24, 2.45) is 0 Å². The highest BCUT2D eigenvalue weighted by Crippen LogP contribution is 2.37. The molecule has 6 heteroatoms. The number of alkyl carbamates (subject to hydrolysis) is 1. The summed E-state index contributed by atoms with van der Waals surface area (Å²) in [5, 5.41) is 2.23. The lowest BCUT2D eigenvalue weighted by molar-refractivity contribution is -0.148. The molecule has 0 fully saturated rings. The van der Waals surface area contributed by atoms with Gasteiger partial charge < -0.3 is 10.1 Å². The third-order valence-electron chi connectivity index (χ3n) is 3.43. The molecule has 1 amide bonds. The maximum atomic E-state index is 14.1. The van der Waals surface area contributed by atoms with Gasteiger partial charge >= 0.3 is 12.0 Å². The fourth-order valence-electron chi connectivity index (χ4n) is 2.28. The average Bonchev–Trinajstić information content (AvgIpc) is 2.45. The first-order chi connectivity index (χ1) is 9.96. The Hall–Kier alpha value is -1.98. The van der Waals surface area contributed by atoms with Crippen LogP contribution in [0.2, 0.25) is 0 Å². The molecular weight excluding hydrogens is 280 g/mol. The summed E-state index contributed by atoms with van der Waals surface area (Å²) >= 11 is 0. The number of alkyl halides is 2. The van der Waals surface area contributed by atoms with Crippen molar-refractivity contribution >= 4 is 11.9 Å². The van der Waals surface area contributed by atoms with Gasteiger partial charge in [-0.05, 0) is 12.0 Å². The summed E-state index contributed by atoms with van der Waals surface area (Å²) in [4.78, 5) is 23.4. The minimum absolute atomic E-state index is 0.0491. The maximum absolute atomic E-state index is 14.1. The molecule has 4 nitrogen and oxygen atoms in total. The molecule has 0 radical (unpaired) electrons. The van der Waals surface area contributed by atoms with Gasteiger partial charge in [0.15, 0.2) is 0 Å². The fourth-order valence-corrected chi connectivity index (χ4v) is 2.28. The van der Waals surface area contributed by atoms with Crippen molar-refractivity contribution in [3.05, 3.63) is 35.4 Å². The van der Waals surface area contributed by atoms with Gasteiger partial charge in [-0.25, -0.2) is 4.79 Å². The number of rotatable bonds is 4. The van der Waals surface area contributed by atoms with E-state index in [2.05, 4.69) is 5.32 Å². The Morgan fingerprint density at radius 3 is 2.86 bits per heavy atom. The summed E-state index contributed by atoms with van der Waals surface area (Å²) in [6.07, 6.45) is 0.747. The van der Waals surface area contributed by atoms with Crippen LogP contribution in [0, 0.1) is 0 Å². The highest BCUT2D eigenvalue weighted by atomic mass is 19.3. The Morgan fingerprint density at radius 2 is 2.14 bits per heavy atom. The zero-order chi connectivity index (χ0) is 15.5. The number of amides is 1. The van der Waals surface area contributed by atoms with E-state index in [9.17, 15) is 18.4 Å². The van der Waals surface area contributed by atoms with E-state index in [1.165, 1.54) is 18.2 Å². The van der Waals surface area contributed by atoms with Crippen LogP contribution in [0.15, 0.2) is 24.3 Å². The summed E-state index contributed by atoms with van der Waals surface area (Å²) < 4.78 is 33.0. The predicted molar refractivity (Wildman–Crippen MR) is 72.2 cm³/mol. The zero-order valence-corrected chi connectivity index (χ0v) is 11.7. The number of carbonyl (C=O) groups is 2. The van der Waals surface area contributed by atoms with Crippen molar-refractivity contribution in [1.29, 1.82) is 0 Å². The van der Waals surface area contributed by atoms with Gasteiger partial charge in [-0.15, -0.1) is 0 Å². The Labute approximate surface area is 121 Å². The number of benzene rings is 1. The smallest absolute Gasteiger partial charge is 0.407 e. The summed E-state index contributed by atoms with van der Waals surface area (Å²) in [5.74, 6) is -4.88. The van der Waals surface area contributed by atoms with E-state index in [0.29, 0.717) is 12.0 Å². The van der Waals surface area contributed by atoms with E-state index in [4.69, 9.17) is 4.74 Å². The highest BCUT2D eigenvalue weighted by Gasteiger charge is 2.50. The number of Topliss-reactive ketones (excluding diaryl/α,β-unsaturated/α-hetero) is 1. The number of ketones is 1. The fraction of sp³-hybridized carbons (Fsp3) is 0.467. The molecule has 0 saturated carbocycles. The van der Waals surface area contributed by atoms with Crippen LogP contribution in [0.3, 0.4) is 0 Å². The summed E-state index contributed by atoms with van der Waals surface area (Å²) in [6, 6.07) is 4.60. The van der Waals surface area contributed by atoms with Gasteiger partial charge in [-0.2, -0.15) is 8.78 Å². The second-order valence-electron chi connectivity index (χ2n) is 4.99.